The molecular formula is C14H12Cl2N2O. The highest BCUT2D eigenvalue weighted by Gasteiger charge is 2.07. The molecule has 0 atom stereocenters. The Morgan fingerprint density at radius 2 is 1.68 bits per heavy atom. The molecule has 5 heteroatoms. The van der Waals surface area contributed by atoms with Gasteiger partial charge in [-0.2, -0.15) is 0 Å². The molecule has 0 fully saturated rings. The van der Waals surface area contributed by atoms with E-state index in [0.29, 0.717) is 15.7 Å². The zero-order valence-corrected chi connectivity index (χ0v) is 11.7. The maximum absolute atomic E-state index is 11.9. The number of benzene rings is 2. The van der Waals surface area contributed by atoms with Crippen molar-refractivity contribution in [3.05, 3.63) is 58.1 Å². The first-order valence-corrected chi connectivity index (χ1v) is 6.40. The summed E-state index contributed by atoms with van der Waals surface area (Å²) in [7, 11) is 0. The predicted molar refractivity (Wildman–Crippen MR) is 80.3 cm³/mol. The van der Waals surface area contributed by atoms with Gasteiger partial charge in [-0.05, 0) is 36.8 Å². The number of carbonyl (C=O) groups is 1. The molecule has 2 rings (SSSR count). The van der Waals surface area contributed by atoms with E-state index in [1.165, 1.54) is 0 Å². The molecule has 0 saturated carbocycles. The largest absolute Gasteiger partial charge is 0.323 e. The molecule has 2 aromatic rings. The summed E-state index contributed by atoms with van der Waals surface area (Å²) in [5.41, 5.74) is 2.25. The molecule has 0 spiro atoms. The van der Waals surface area contributed by atoms with Crippen molar-refractivity contribution in [2.75, 3.05) is 10.6 Å². The Morgan fingerprint density at radius 3 is 2.37 bits per heavy atom. The van der Waals surface area contributed by atoms with Crippen LogP contribution in [0.15, 0.2) is 42.5 Å². The first kappa shape index (κ1) is 13.7. The number of para-hydroxylation sites is 1. The van der Waals surface area contributed by atoms with Gasteiger partial charge in [-0.1, -0.05) is 41.4 Å². The topological polar surface area (TPSA) is 41.1 Å². The van der Waals surface area contributed by atoms with Crippen LogP contribution < -0.4 is 10.6 Å². The van der Waals surface area contributed by atoms with Gasteiger partial charge in [-0.3, -0.25) is 0 Å². The second-order valence-corrected chi connectivity index (χ2v) is 4.86. The lowest BCUT2D eigenvalue weighted by Crippen LogP contribution is -2.20. The first-order chi connectivity index (χ1) is 9.06. The Bertz CT molecular complexity index is 614. The molecule has 2 amide bonds. The molecule has 2 aromatic carbocycles. The monoisotopic (exact) mass is 294 g/mol. The van der Waals surface area contributed by atoms with Crippen molar-refractivity contribution in [3.8, 4) is 0 Å². The lowest BCUT2D eigenvalue weighted by Gasteiger charge is -2.10. The maximum Gasteiger partial charge on any atom is 0.323 e. The molecule has 98 valence electrons. The number of urea groups is 1. The van der Waals surface area contributed by atoms with Gasteiger partial charge in [0.25, 0.3) is 0 Å². The van der Waals surface area contributed by atoms with E-state index in [4.69, 9.17) is 23.2 Å². The second kappa shape index (κ2) is 5.95. The molecule has 2 N–H and O–H groups in total. The SMILES string of the molecule is Cc1ccccc1NC(=O)Nc1ccc(Cl)cc1Cl. The maximum atomic E-state index is 11.9. The first-order valence-electron chi connectivity index (χ1n) is 5.65. The second-order valence-electron chi connectivity index (χ2n) is 4.02. The van der Waals surface area contributed by atoms with Crippen molar-refractivity contribution in [1.82, 2.24) is 0 Å². The van der Waals surface area contributed by atoms with E-state index in [1.807, 2.05) is 31.2 Å². The van der Waals surface area contributed by atoms with Gasteiger partial charge in [0.15, 0.2) is 0 Å². The molecule has 19 heavy (non-hydrogen) atoms. The zero-order chi connectivity index (χ0) is 13.8. The number of nitrogens with one attached hydrogen (secondary N) is 2. The van der Waals surface area contributed by atoms with Crippen molar-refractivity contribution in [2.24, 2.45) is 0 Å². The smallest absolute Gasteiger partial charge is 0.307 e. The lowest BCUT2D eigenvalue weighted by atomic mass is 10.2. The summed E-state index contributed by atoms with van der Waals surface area (Å²) in [6.45, 7) is 1.92. The molecule has 0 aliphatic rings. The minimum absolute atomic E-state index is 0.349. The van der Waals surface area contributed by atoms with E-state index in [9.17, 15) is 4.79 Å². The number of amides is 2. The number of aryl methyl sites for hydroxylation is 1. The van der Waals surface area contributed by atoms with Crippen LogP contribution in [0.25, 0.3) is 0 Å². The van der Waals surface area contributed by atoms with Gasteiger partial charge in [-0.25, -0.2) is 4.79 Å². The zero-order valence-electron chi connectivity index (χ0n) is 10.2. The van der Waals surface area contributed by atoms with E-state index < -0.39 is 0 Å². The van der Waals surface area contributed by atoms with Crippen LogP contribution in [0.5, 0.6) is 0 Å². The highest BCUT2D eigenvalue weighted by atomic mass is 35.5. The third-order valence-electron chi connectivity index (χ3n) is 2.57. The van der Waals surface area contributed by atoms with Crippen LogP contribution in [0.3, 0.4) is 0 Å². The van der Waals surface area contributed by atoms with Gasteiger partial charge in [0.2, 0.25) is 0 Å². The summed E-state index contributed by atoms with van der Waals surface area (Å²) < 4.78 is 0. The highest BCUT2D eigenvalue weighted by Crippen LogP contribution is 2.25. The average Bonchev–Trinajstić information content (AvgIpc) is 2.36. The Morgan fingerprint density at radius 1 is 1.00 bits per heavy atom. The van der Waals surface area contributed by atoms with E-state index in [-0.39, 0.29) is 6.03 Å². The highest BCUT2D eigenvalue weighted by molar-refractivity contribution is 6.36. The normalized spacial score (nSPS) is 10.1. The molecule has 0 heterocycles. The average molecular weight is 295 g/mol. The fraction of sp³-hybridized carbons (Fsp3) is 0.0714. The third kappa shape index (κ3) is 3.63. The predicted octanol–water partition coefficient (Wildman–Crippen LogP) is 4.95. The molecule has 0 aliphatic carbocycles. The van der Waals surface area contributed by atoms with E-state index in [1.54, 1.807) is 18.2 Å². The minimum atomic E-state index is -0.349. The molecule has 0 aliphatic heterocycles. The van der Waals surface area contributed by atoms with Crippen molar-refractivity contribution in [1.29, 1.82) is 0 Å². The number of halogens is 2. The van der Waals surface area contributed by atoms with Crippen LogP contribution in [0.1, 0.15) is 5.56 Å². The molecule has 0 saturated heterocycles. The van der Waals surface area contributed by atoms with Crippen LogP contribution in [-0.4, -0.2) is 6.03 Å². The van der Waals surface area contributed by atoms with Crippen LogP contribution in [0, 0.1) is 6.92 Å². The molecule has 0 radical (unpaired) electrons. The van der Waals surface area contributed by atoms with E-state index in [0.717, 1.165) is 11.3 Å². The van der Waals surface area contributed by atoms with E-state index in [2.05, 4.69) is 10.6 Å². The van der Waals surface area contributed by atoms with Gasteiger partial charge < -0.3 is 10.6 Å². The van der Waals surface area contributed by atoms with E-state index >= 15 is 0 Å². The molecule has 0 bridgehead atoms. The fourth-order valence-electron chi connectivity index (χ4n) is 1.58. The van der Waals surface area contributed by atoms with Crippen molar-refractivity contribution < 1.29 is 4.79 Å². The molecule has 0 aromatic heterocycles. The number of carbonyl (C=O) groups excluding carboxylic acids is 1. The van der Waals surface area contributed by atoms with Crippen LogP contribution >= 0.6 is 23.2 Å². The summed E-state index contributed by atoms with van der Waals surface area (Å²) >= 11 is 11.8. The number of hydrogen-bond acceptors (Lipinski definition) is 1. The molecule has 0 unspecified atom stereocenters. The van der Waals surface area contributed by atoms with Crippen molar-refractivity contribution in [2.45, 2.75) is 6.92 Å². The Kier molecular flexibility index (Phi) is 4.30. The lowest BCUT2D eigenvalue weighted by molar-refractivity contribution is 0.262. The summed E-state index contributed by atoms with van der Waals surface area (Å²) in [6.07, 6.45) is 0. The number of rotatable bonds is 2. The van der Waals surface area contributed by atoms with Gasteiger partial charge >= 0.3 is 6.03 Å². The summed E-state index contributed by atoms with van der Waals surface area (Å²) in [5.74, 6) is 0. The summed E-state index contributed by atoms with van der Waals surface area (Å²) in [6, 6.07) is 12.1. The number of anilines is 2. The molecule has 3 nitrogen and oxygen atoms in total. The Balaban J connectivity index is 2.08. The minimum Gasteiger partial charge on any atom is -0.307 e. The summed E-state index contributed by atoms with van der Waals surface area (Å²) in [4.78, 5) is 11.9. The van der Waals surface area contributed by atoms with Gasteiger partial charge in [0.05, 0.1) is 10.7 Å². The van der Waals surface area contributed by atoms with Gasteiger partial charge in [-0.15, -0.1) is 0 Å². The Hall–Kier alpha value is -1.71. The molecular weight excluding hydrogens is 283 g/mol. The van der Waals surface area contributed by atoms with Crippen molar-refractivity contribution in [3.63, 3.8) is 0 Å². The standard InChI is InChI=1S/C14H12Cl2N2O/c1-9-4-2-3-5-12(9)17-14(19)18-13-7-6-10(15)8-11(13)16/h2-8H,1H3,(H2,17,18,19). The van der Waals surface area contributed by atoms with Gasteiger partial charge in [0, 0.05) is 10.7 Å². The van der Waals surface area contributed by atoms with Crippen LogP contribution in [0.2, 0.25) is 10.0 Å². The third-order valence-corrected chi connectivity index (χ3v) is 3.12. The van der Waals surface area contributed by atoms with Crippen molar-refractivity contribution >= 4 is 40.6 Å². The number of hydrogen-bond donors (Lipinski definition) is 2. The van der Waals surface area contributed by atoms with Crippen LogP contribution in [-0.2, 0) is 0 Å². The fourth-order valence-corrected chi connectivity index (χ4v) is 2.04. The summed E-state index contributed by atoms with van der Waals surface area (Å²) in [5, 5.41) is 6.35. The van der Waals surface area contributed by atoms with Crippen LogP contribution in [0.4, 0.5) is 16.2 Å². The Labute approximate surface area is 121 Å². The quantitative estimate of drug-likeness (QED) is 0.809. The van der Waals surface area contributed by atoms with Gasteiger partial charge in [0.1, 0.15) is 0 Å².